The lowest BCUT2D eigenvalue weighted by molar-refractivity contribution is 0.577. The normalized spacial score (nSPS) is 13.4. The minimum Gasteiger partial charge on any atom is -0.399 e. The molecule has 0 aliphatic carbocycles. The maximum Gasteiger partial charge on any atom is 0.147 e. The number of nitrogen functional groups attached to an aromatic ring is 1. The molecule has 0 aliphatic rings. The quantitative estimate of drug-likeness (QED) is 0.559. The Bertz CT molecular complexity index is 565. The van der Waals surface area contributed by atoms with Crippen LogP contribution in [-0.4, -0.2) is 33.5 Å². The molecule has 1 aromatic rings. The summed E-state index contributed by atoms with van der Waals surface area (Å²) in [7, 11) is -0.779. The fourth-order valence-electron chi connectivity index (χ4n) is 2.38. The summed E-state index contributed by atoms with van der Waals surface area (Å²) in [4.78, 5) is 2.27. The number of hydrogen-bond acceptors (Lipinski definition) is 4. The summed E-state index contributed by atoms with van der Waals surface area (Å²) in [6, 6.07) is 8.30. The summed E-state index contributed by atoms with van der Waals surface area (Å²) in [6.07, 6.45) is 9.05. The highest BCUT2D eigenvalue weighted by Crippen LogP contribution is 2.21. The van der Waals surface area contributed by atoms with E-state index < -0.39 is 9.84 Å². The average molecular weight is 324 g/mol. The topological polar surface area (TPSA) is 63.4 Å². The summed E-state index contributed by atoms with van der Waals surface area (Å²) < 4.78 is 22.2. The van der Waals surface area contributed by atoms with Gasteiger partial charge in [-0.15, -0.1) is 0 Å². The Hall–Kier alpha value is -1.49. The Labute approximate surface area is 134 Å². The molecule has 0 saturated heterocycles. The van der Waals surface area contributed by atoms with Crippen molar-refractivity contribution in [2.24, 2.45) is 0 Å². The lowest BCUT2D eigenvalue weighted by atomic mass is 10.1. The number of nitrogens with two attached hydrogens (primary N) is 1. The molecule has 124 valence electrons. The second kappa shape index (κ2) is 8.83. The van der Waals surface area contributed by atoms with Gasteiger partial charge in [-0.1, -0.05) is 25.5 Å². The molecular formula is C17H28N2O2S. The van der Waals surface area contributed by atoms with Crippen molar-refractivity contribution in [2.45, 2.75) is 38.6 Å². The third-order valence-electron chi connectivity index (χ3n) is 3.70. The third kappa shape index (κ3) is 6.98. The van der Waals surface area contributed by atoms with Gasteiger partial charge in [0.2, 0.25) is 0 Å². The number of anilines is 2. The molecule has 1 atom stereocenters. The first kappa shape index (κ1) is 18.6. The third-order valence-corrected chi connectivity index (χ3v) is 4.68. The van der Waals surface area contributed by atoms with Crippen LogP contribution in [0.2, 0.25) is 0 Å². The molecule has 0 fully saturated rings. The van der Waals surface area contributed by atoms with E-state index in [1.54, 1.807) is 0 Å². The van der Waals surface area contributed by atoms with Gasteiger partial charge in [0.15, 0.2) is 0 Å². The molecule has 0 heterocycles. The standard InChI is InChI=1S/C17H28N2O2S/c1-4-8-16(9-6-5-7-14-22(3,20)21)19(2)17-12-10-15(18)11-13-17/h5-6,10-13,16H,4,7-9,14,18H2,1-3H3/b6-5+/t16-/m0/s1. The highest BCUT2D eigenvalue weighted by atomic mass is 32.2. The summed E-state index contributed by atoms with van der Waals surface area (Å²) in [5, 5.41) is 0. The van der Waals surface area contributed by atoms with E-state index >= 15 is 0 Å². The van der Waals surface area contributed by atoms with Crippen molar-refractivity contribution in [3.63, 3.8) is 0 Å². The van der Waals surface area contributed by atoms with Crippen LogP contribution in [0.5, 0.6) is 0 Å². The molecule has 0 aliphatic heterocycles. The van der Waals surface area contributed by atoms with E-state index in [4.69, 9.17) is 5.73 Å². The molecule has 5 heteroatoms. The molecule has 22 heavy (non-hydrogen) atoms. The van der Waals surface area contributed by atoms with E-state index in [0.717, 1.165) is 30.6 Å². The van der Waals surface area contributed by atoms with Crippen molar-refractivity contribution in [1.29, 1.82) is 0 Å². The summed E-state index contributed by atoms with van der Waals surface area (Å²) in [5.74, 6) is 0.218. The van der Waals surface area contributed by atoms with Crippen molar-refractivity contribution in [2.75, 3.05) is 29.7 Å². The van der Waals surface area contributed by atoms with Crippen LogP contribution in [0.25, 0.3) is 0 Å². The maximum atomic E-state index is 11.1. The molecule has 0 radical (unpaired) electrons. The lowest BCUT2D eigenvalue weighted by Gasteiger charge is -2.29. The SMILES string of the molecule is CCC[C@@H](C/C=C/CCS(C)(=O)=O)N(C)c1ccc(N)cc1. The van der Waals surface area contributed by atoms with Crippen molar-refractivity contribution in [3.8, 4) is 0 Å². The molecule has 0 saturated carbocycles. The molecule has 0 bridgehead atoms. The van der Waals surface area contributed by atoms with Crippen molar-refractivity contribution >= 4 is 21.2 Å². The molecule has 4 nitrogen and oxygen atoms in total. The Balaban J connectivity index is 2.60. The molecular weight excluding hydrogens is 296 g/mol. The number of sulfone groups is 1. The largest absolute Gasteiger partial charge is 0.399 e. The molecule has 0 aromatic heterocycles. The minimum absolute atomic E-state index is 0.218. The van der Waals surface area contributed by atoms with Crippen LogP contribution in [-0.2, 0) is 9.84 Å². The molecule has 0 unspecified atom stereocenters. The molecule has 1 aromatic carbocycles. The minimum atomic E-state index is -2.87. The zero-order valence-electron chi connectivity index (χ0n) is 13.8. The van der Waals surface area contributed by atoms with Gasteiger partial charge in [0, 0.05) is 30.7 Å². The van der Waals surface area contributed by atoms with Gasteiger partial charge in [-0.3, -0.25) is 0 Å². The van der Waals surface area contributed by atoms with Crippen molar-refractivity contribution in [1.82, 2.24) is 0 Å². The average Bonchev–Trinajstić information content (AvgIpc) is 2.44. The van der Waals surface area contributed by atoms with Crippen LogP contribution in [0.15, 0.2) is 36.4 Å². The van der Waals surface area contributed by atoms with E-state index in [1.807, 2.05) is 30.3 Å². The lowest BCUT2D eigenvalue weighted by Crippen LogP contribution is -2.31. The second-order valence-corrected chi connectivity index (χ2v) is 8.03. The Morgan fingerprint density at radius 3 is 2.41 bits per heavy atom. The Kier molecular flexibility index (Phi) is 7.45. The summed E-state index contributed by atoms with van der Waals surface area (Å²) in [6.45, 7) is 2.18. The van der Waals surface area contributed by atoms with E-state index in [0.29, 0.717) is 12.5 Å². The van der Waals surface area contributed by atoms with E-state index in [9.17, 15) is 8.42 Å². The van der Waals surface area contributed by atoms with Gasteiger partial charge in [0.05, 0.1) is 5.75 Å². The van der Waals surface area contributed by atoms with Crippen LogP contribution in [0.1, 0.15) is 32.6 Å². The smallest absolute Gasteiger partial charge is 0.147 e. The van der Waals surface area contributed by atoms with Crippen molar-refractivity contribution < 1.29 is 8.42 Å². The number of nitrogens with zero attached hydrogens (tertiary/aromatic N) is 1. The van der Waals surface area contributed by atoms with E-state index in [-0.39, 0.29) is 5.75 Å². The number of rotatable bonds is 9. The van der Waals surface area contributed by atoms with Gasteiger partial charge in [0.25, 0.3) is 0 Å². The number of benzene rings is 1. The molecule has 1 rings (SSSR count). The highest BCUT2D eigenvalue weighted by Gasteiger charge is 2.13. The summed E-state index contributed by atoms with van der Waals surface area (Å²) >= 11 is 0. The van der Waals surface area contributed by atoms with Gasteiger partial charge >= 0.3 is 0 Å². The first-order chi connectivity index (χ1) is 10.3. The highest BCUT2D eigenvalue weighted by molar-refractivity contribution is 7.90. The van der Waals surface area contributed by atoms with Crippen LogP contribution in [0.3, 0.4) is 0 Å². The fourth-order valence-corrected chi connectivity index (χ4v) is 2.94. The van der Waals surface area contributed by atoms with Crippen LogP contribution < -0.4 is 10.6 Å². The number of hydrogen-bond donors (Lipinski definition) is 1. The van der Waals surface area contributed by atoms with Crippen LogP contribution in [0.4, 0.5) is 11.4 Å². The van der Waals surface area contributed by atoms with Gasteiger partial charge in [-0.25, -0.2) is 8.42 Å². The van der Waals surface area contributed by atoms with Gasteiger partial charge in [-0.05, 0) is 43.5 Å². The molecule has 2 N–H and O–H groups in total. The Morgan fingerprint density at radius 1 is 1.23 bits per heavy atom. The van der Waals surface area contributed by atoms with E-state index in [2.05, 4.69) is 24.9 Å². The monoisotopic (exact) mass is 324 g/mol. The van der Waals surface area contributed by atoms with Crippen LogP contribution >= 0.6 is 0 Å². The van der Waals surface area contributed by atoms with Crippen LogP contribution in [0, 0.1) is 0 Å². The van der Waals surface area contributed by atoms with Gasteiger partial charge in [-0.2, -0.15) is 0 Å². The zero-order valence-corrected chi connectivity index (χ0v) is 14.6. The second-order valence-electron chi connectivity index (χ2n) is 5.77. The maximum absolute atomic E-state index is 11.1. The Morgan fingerprint density at radius 2 is 1.86 bits per heavy atom. The zero-order chi connectivity index (χ0) is 16.6. The fraction of sp³-hybridized carbons (Fsp3) is 0.529. The van der Waals surface area contributed by atoms with Gasteiger partial charge in [0.1, 0.15) is 9.84 Å². The molecule has 0 spiro atoms. The van der Waals surface area contributed by atoms with Gasteiger partial charge < -0.3 is 10.6 Å². The predicted octanol–water partition coefficient (Wildman–Crippen LogP) is 3.25. The first-order valence-electron chi connectivity index (χ1n) is 7.74. The van der Waals surface area contributed by atoms with Crippen molar-refractivity contribution in [3.05, 3.63) is 36.4 Å². The first-order valence-corrected chi connectivity index (χ1v) is 9.80. The van der Waals surface area contributed by atoms with E-state index in [1.165, 1.54) is 6.26 Å². The number of allylic oxidation sites excluding steroid dienone is 1. The predicted molar refractivity (Wildman–Crippen MR) is 96.0 cm³/mol. The summed E-state index contributed by atoms with van der Waals surface area (Å²) in [5.41, 5.74) is 7.65. The molecule has 0 amide bonds.